The Morgan fingerprint density at radius 2 is 1.95 bits per heavy atom. The molecule has 1 aliphatic rings. The smallest absolute Gasteiger partial charge is 0.118 e. The molecular formula is C15H22O4. The van der Waals surface area contributed by atoms with Crippen LogP contribution in [-0.2, 0) is 20.8 Å². The Morgan fingerprint density at radius 1 is 1.21 bits per heavy atom. The van der Waals surface area contributed by atoms with Gasteiger partial charge in [0.1, 0.15) is 11.9 Å². The van der Waals surface area contributed by atoms with Gasteiger partial charge in [-0.3, -0.25) is 0 Å². The Morgan fingerprint density at radius 3 is 2.58 bits per heavy atom. The molecule has 3 atom stereocenters. The quantitative estimate of drug-likeness (QED) is 0.792. The maximum Gasteiger partial charge on any atom is 0.118 e. The molecule has 0 saturated carbocycles. The minimum absolute atomic E-state index is 0.0400. The fourth-order valence-electron chi connectivity index (χ4n) is 2.33. The summed E-state index contributed by atoms with van der Waals surface area (Å²) in [6, 6.07) is 7.88. The lowest BCUT2D eigenvalue weighted by Gasteiger charge is -2.17. The van der Waals surface area contributed by atoms with Gasteiger partial charge in [0, 0.05) is 13.5 Å². The predicted octanol–water partition coefficient (Wildman–Crippen LogP) is 2.40. The number of ether oxygens (including phenoxy) is 4. The summed E-state index contributed by atoms with van der Waals surface area (Å²) in [4.78, 5) is 0. The second kappa shape index (κ2) is 6.89. The summed E-state index contributed by atoms with van der Waals surface area (Å²) < 4.78 is 22.0. The highest BCUT2D eigenvalue weighted by Crippen LogP contribution is 2.23. The molecule has 1 aromatic rings. The van der Waals surface area contributed by atoms with E-state index in [4.69, 9.17) is 18.9 Å². The van der Waals surface area contributed by atoms with E-state index in [1.54, 1.807) is 14.2 Å². The van der Waals surface area contributed by atoms with Crippen molar-refractivity contribution in [1.82, 2.24) is 0 Å². The van der Waals surface area contributed by atoms with E-state index in [0.29, 0.717) is 13.2 Å². The average Bonchev–Trinajstić information content (AvgIpc) is 2.80. The standard InChI is InChI=1S/C15H22O4/c1-11-8-14(17-3)15(19-11)10-18-9-12-4-6-13(16-2)7-5-12/h4-7,11,14-15H,8-10H2,1-3H3/t11?,14-,15-/m1/s1. The Balaban J connectivity index is 1.76. The summed E-state index contributed by atoms with van der Waals surface area (Å²) in [6.07, 6.45) is 1.37. The van der Waals surface area contributed by atoms with Crippen molar-refractivity contribution < 1.29 is 18.9 Å². The molecule has 1 heterocycles. The third kappa shape index (κ3) is 3.93. The van der Waals surface area contributed by atoms with Crippen LogP contribution in [0, 0.1) is 0 Å². The number of methoxy groups -OCH3 is 2. The zero-order valence-corrected chi connectivity index (χ0v) is 11.8. The van der Waals surface area contributed by atoms with E-state index in [9.17, 15) is 0 Å². The van der Waals surface area contributed by atoms with E-state index >= 15 is 0 Å². The lowest BCUT2D eigenvalue weighted by molar-refractivity contribution is -0.0544. The van der Waals surface area contributed by atoms with Gasteiger partial charge in [0.05, 0.1) is 32.5 Å². The van der Waals surface area contributed by atoms with E-state index in [-0.39, 0.29) is 18.3 Å². The molecule has 1 aromatic carbocycles. The Kier molecular flexibility index (Phi) is 5.19. The van der Waals surface area contributed by atoms with Gasteiger partial charge in [-0.05, 0) is 24.6 Å². The monoisotopic (exact) mass is 266 g/mol. The summed E-state index contributed by atoms with van der Waals surface area (Å²) in [6.45, 7) is 3.21. The molecule has 4 nitrogen and oxygen atoms in total. The highest BCUT2D eigenvalue weighted by molar-refractivity contribution is 5.26. The minimum atomic E-state index is 0.0400. The van der Waals surface area contributed by atoms with E-state index in [1.807, 2.05) is 24.3 Å². The van der Waals surface area contributed by atoms with Crippen LogP contribution in [0.25, 0.3) is 0 Å². The maximum absolute atomic E-state index is 5.77. The molecule has 1 saturated heterocycles. The van der Waals surface area contributed by atoms with Gasteiger partial charge in [-0.25, -0.2) is 0 Å². The van der Waals surface area contributed by atoms with Crippen LogP contribution in [0.5, 0.6) is 5.75 Å². The number of hydrogen-bond donors (Lipinski definition) is 0. The summed E-state index contributed by atoms with van der Waals surface area (Å²) in [5.74, 6) is 0.858. The summed E-state index contributed by atoms with van der Waals surface area (Å²) in [5.41, 5.74) is 1.13. The normalized spacial score (nSPS) is 26.6. The van der Waals surface area contributed by atoms with Crippen molar-refractivity contribution in [3.05, 3.63) is 29.8 Å². The fraction of sp³-hybridized carbons (Fsp3) is 0.600. The third-order valence-electron chi connectivity index (χ3n) is 3.40. The molecule has 1 fully saturated rings. The molecule has 106 valence electrons. The molecule has 1 unspecified atom stereocenters. The van der Waals surface area contributed by atoms with Crippen LogP contribution < -0.4 is 4.74 Å². The van der Waals surface area contributed by atoms with Crippen molar-refractivity contribution in [3.8, 4) is 5.75 Å². The van der Waals surface area contributed by atoms with E-state index in [0.717, 1.165) is 17.7 Å². The average molecular weight is 266 g/mol. The largest absolute Gasteiger partial charge is 0.497 e. The van der Waals surface area contributed by atoms with Gasteiger partial charge in [-0.15, -0.1) is 0 Å². The van der Waals surface area contributed by atoms with Gasteiger partial charge in [0.25, 0.3) is 0 Å². The predicted molar refractivity (Wildman–Crippen MR) is 72.4 cm³/mol. The summed E-state index contributed by atoms with van der Waals surface area (Å²) in [5, 5.41) is 0. The molecule has 0 bridgehead atoms. The van der Waals surface area contributed by atoms with E-state index in [2.05, 4.69) is 6.92 Å². The van der Waals surface area contributed by atoms with Crippen LogP contribution in [0.1, 0.15) is 18.9 Å². The molecule has 2 rings (SSSR count). The first-order chi connectivity index (χ1) is 9.22. The van der Waals surface area contributed by atoms with Crippen molar-refractivity contribution in [2.75, 3.05) is 20.8 Å². The van der Waals surface area contributed by atoms with Crippen LogP contribution >= 0.6 is 0 Å². The third-order valence-corrected chi connectivity index (χ3v) is 3.40. The number of hydrogen-bond acceptors (Lipinski definition) is 4. The van der Waals surface area contributed by atoms with Crippen molar-refractivity contribution in [2.45, 2.75) is 38.3 Å². The number of benzene rings is 1. The molecule has 0 N–H and O–H groups in total. The highest BCUT2D eigenvalue weighted by Gasteiger charge is 2.32. The van der Waals surface area contributed by atoms with Crippen molar-refractivity contribution in [2.24, 2.45) is 0 Å². The van der Waals surface area contributed by atoms with Gasteiger partial charge in [0.15, 0.2) is 0 Å². The molecule has 0 aliphatic carbocycles. The lowest BCUT2D eigenvalue weighted by Crippen LogP contribution is -2.28. The molecule has 0 amide bonds. The van der Waals surface area contributed by atoms with E-state index < -0.39 is 0 Å². The van der Waals surface area contributed by atoms with Gasteiger partial charge in [-0.2, -0.15) is 0 Å². The fourth-order valence-corrected chi connectivity index (χ4v) is 2.33. The Labute approximate surface area is 114 Å². The van der Waals surface area contributed by atoms with Crippen LogP contribution in [-0.4, -0.2) is 39.1 Å². The summed E-state index contributed by atoms with van der Waals surface area (Å²) in [7, 11) is 3.39. The summed E-state index contributed by atoms with van der Waals surface area (Å²) >= 11 is 0. The van der Waals surface area contributed by atoms with Crippen LogP contribution in [0.15, 0.2) is 24.3 Å². The first kappa shape index (κ1) is 14.3. The molecule has 4 heteroatoms. The Bertz CT molecular complexity index is 376. The highest BCUT2D eigenvalue weighted by atomic mass is 16.6. The van der Waals surface area contributed by atoms with Gasteiger partial charge >= 0.3 is 0 Å². The van der Waals surface area contributed by atoms with Gasteiger partial charge in [0.2, 0.25) is 0 Å². The minimum Gasteiger partial charge on any atom is -0.497 e. The van der Waals surface area contributed by atoms with Crippen molar-refractivity contribution in [3.63, 3.8) is 0 Å². The molecule has 19 heavy (non-hydrogen) atoms. The molecule has 1 aliphatic heterocycles. The molecule has 0 radical (unpaired) electrons. The zero-order chi connectivity index (χ0) is 13.7. The van der Waals surface area contributed by atoms with Crippen molar-refractivity contribution in [1.29, 1.82) is 0 Å². The SMILES string of the molecule is COc1ccc(COC[C@H]2OC(C)C[C@H]2OC)cc1. The zero-order valence-electron chi connectivity index (χ0n) is 11.8. The van der Waals surface area contributed by atoms with Crippen LogP contribution in [0.2, 0.25) is 0 Å². The number of rotatable bonds is 6. The second-order valence-corrected chi connectivity index (χ2v) is 4.86. The van der Waals surface area contributed by atoms with Gasteiger partial charge in [-0.1, -0.05) is 12.1 Å². The first-order valence-corrected chi connectivity index (χ1v) is 6.62. The molecular weight excluding hydrogens is 244 g/mol. The van der Waals surface area contributed by atoms with E-state index in [1.165, 1.54) is 0 Å². The van der Waals surface area contributed by atoms with Crippen LogP contribution in [0.4, 0.5) is 0 Å². The van der Waals surface area contributed by atoms with Crippen molar-refractivity contribution >= 4 is 0 Å². The molecule has 0 aromatic heterocycles. The maximum atomic E-state index is 5.77. The second-order valence-electron chi connectivity index (χ2n) is 4.86. The lowest BCUT2D eigenvalue weighted by atomic mass is 10.1. The van der Waals surface area contributed by atoms with Crippen LogP contribution in [0.3, 0.4) is 0 Å². The molecule has 0 spiro atoms. The Hall–Kier alpha value is -1.10. The first-order valence-electron chi connectivity index (χ1n) is 6.62. The topological polar surface area (TPSA) is 36.9 Å². The van der Waals surface area contributed by atoms with Gasteiger partial charge < -0.3 is 18.9 Å².